The molecule has 0 saturated heterocycles. The van der Waals surface area contributed by atoms with Gasteiger partial charge in [0.15, 0.2) is 0 Å². The van der Waals surface area contributed by atoms with Crippen LogP contribution in [0.5, 0.6) is 0 Å². The molecule has 0 aromatic heterocycles. The molecule has 0 aromatic carbocycles. The molecule has 1 nitrogen and oxygen atoms in total. The molecule has 1 aliphatic rings. The summed E-state index contributed by atoms with van der Waals surface area (Å²) >= 11 is 0. The molecule has 0 bridgehead atoms. The van der Waals surface area contributed by atoms with Gasteiger partial charge < -0.3 is 4.79 Å². The Hall–Kier alpha value is -0.590. The molecule has 0 aliphatic heterocycles. The molecule has 0 heterocycles. The van der Waals surface area contributed by atoms with Crippen molar-refractivity contribution in [2.45, 2.75) is 46.0 Å². The van der Waals surface area contributed by atoms with Crippen LogP contribution in [-0.2, 0) is 4.79 Å². The molecule has 1 unspecified atom stereocenters. The molecule has 1 atom stereocenters. The summed E-state index contributed by atoms with van der Waals surface area (Å²) in [7, 11) is 0. The first-order valence-corrected chi connectivity index (χ1v) is 4.76. The number of carbonyl (C=O) groups excluding carboxylic acids is 1. The van der Waals surface area contributed by atoms with E-state index in [9.17, 15) is 4.79 Å². The lowest BCUT2D eigenvalue weighted by Crippen LogP contribution is -2.18. The van der Waals surface area contributed by atoms with Gasteiger partial charge in [-0.25, -0.2) is 0 Å². The standard InChI is InChI=1S/C11H18O/c1-10-4-7-11(2,8-5-10)6-3-9-12/h4,9H,3,5-8H2,1-2H3. The van der Waals surface area contributed by atoms with E-state index >= 15 is 0 Å². The fourth-order valence-corrected chi connectivity index (χ4v) is 1.76. The second-order valence-corrected chi connectivity index (χ2v) is 4.27. The maximum atomic E-state index is 10.2. The normalized spacial score (nSPS) is 29.7. The number of hydrogen-bond donors (Lipinski definition) is 0. The molecule has 0 spiro atoms. The first kappa shape index (κ1) is 9.50. The van der Waals surface area contributed by atoms with Crippen molar-refractivity contribution in [3.8, 4) is 0 Å². The van der Waals surface area contributed by atoms with Crippen molar-refractivity contribution in [3.63, 3.8) is 0 Å². The fraction of sp³-hybridized carbons (Fsp3) is 0.727. The summed E-state index contributed by atoms with van der Waals surface area (Å²) in [5.74, 6) is 0. The van der Waals surface area contributed by atoms with Gasteiger partial charge in [-0.15, -0.1) is 0 Å². The minimum atomic E-state index is 0.403. The number of allylic oxidation sites excluding steroid dienone is 2. The first-order chi connectivity index (χ1) is 5.66. The predicted molar refractivity (Wildman–Crippen MR) is 51.0 cm³/mol. The van der Waals surface area contributed by atoms with Crippen LogP contribution < -0.4 is 0 Å². The molecule has 1 rings (SSSR count). The van der Waals surface area contributed by atoms with Gasteiger partial charge in [-0.05, 0) is 38.0 Å². The van der Waals surface area contributed by atoms with Crippen LogP contribution in [0.3, 0.4) is 0 Å². The van der Waals surface area contributed by atoms with Gasteiger partial charge in [0, 0.05) is 6.42 Å². The van der Waals surface area contributed by atoms with E-state index in [1.807, 2.05) is 0 Å². The lowest BCUT2D eigenvalue weighted by atomic mass is 9.74. The van der Waals surface area contributed by atoms with Crippen LogP contribution in [0.1, 0.15) is 46.0 Å². The molecule has 1 aliphatic carbocycles. The van der Waals surface area contributed by atoms with Gasteiger partial charge >= 0.3 is 0 Å². The molecule has 1 heteroatoms. The van der Waals surface area contributed by atoms with E-state index in [1.165, 1.54) is 18.4 Å². The van der Waals surface area contributed by atoms with Gasteiger partial charge in [-0.1, -0.05) is 18.6 Å². The third-order valence-electron chi connectivity index (χ3n) is 2.93. The van der Waals surface area contributed by atoms with Crippen LogP contribution >= 0.6 is 0 Å². The molecule has 0 amide bonds. The molecular formula is C11H18O. The highest BCUT2D eigenvalue weighted by Crippen LogP contribution is 2.38. The fourth-order valence-electron chi connectivity index (χ4n) is 1.76. The van der Waals surface area contributed by atoms with Gasteiger partial charge in [0.2, 0.25) is 0 Å². The smallest absolute Gasteiger partial charge is 0.120 e. The Morgan fingerprint density at radius 3 is 2.92 bits per heavy atom. The van der Waals surface area contributed by atoms with Crippen molar-refractivity contribution < 1.29 is 4.79 Å². The van der Waals surface area contributed by atoms with Gasteiger partial charge in [-0.3, -0.25) is 0 Å². The maximum Gasteiger partial charge on any atom is 0.120 e. The van der Waals surface area contributed by atoms with Crippen molar-refractivity contribution in [1.82, 2.24) is 0 Å². The Morgan fingerprint density at radius 1 is 1.67 bits per heavy atom. The Morgan fingerprint density at radius 2 is 2.42 bits per heavy atom. The minimum absolute atomic E-state index is 0.403. The monoisotopic (exact) mass is 166 g/mol. The highest BCUT2D eigenvalue weighted by molar-refractivity contribution is 5.49. The van der Waals surface area contributed by atoms with Crippen LogP contribution in [0.4, 0.5) is 0 Å². The van der Waals surface area contributed by atoms with Crippen LogP contribution in [-0.4, -0.2) is 6.29 Å². The second-order valence-electron chi connectivity index (χ2n) is 4.27. The topological polar surface area (TPSA) is 17.1 Å². The molecule has 0 fully saturated rings. The summed E-state index contributed by atoms with van der Waals surface area (Å²) in [6, 6.07) is 0. The Kier molecular flexibility index (Phi) is 3.07. The number of rotatable bonds is 3. The van der Waals surface area contributed by atoms with Crippen LogP contribution in [0.2, 0.25) is 0 Å². The lowest BCUT2D eigenvalue weighted by molar-refractivity contribution is -0.108. The number of aldehydes is 1. The molecular weight excluding hydrogens is 148 g/mol. The average Bonchev–Trinajstić information content (AvgIpc) is 2.08. The molecule has 0 radical (unpaired) electrons. The van der Waals surface area contributed by atoms with Crippen molar-refractivity contribution in [2.75, 3.05) is 0 Å². The van der Waals surface area contributed by atoms with Gasteiger partial charge in [0.25, 0.3) is 0 Å². The predicted octanol–water partition coefficient (Wildman–Crippen LogP) is 3.10. The van der Waals surface area contributed by atoms with Crippen molar-refractivity contribution in [2.24, 2.45) is 5.41 Å². The summed E-state index contributed by atoms with van der Waals surface area (Å²) in [6.07, 6.45) is 8.78. The summed E-state index contributed by atoms with van der Waals surface area (Å²) in [6.45, 7) is 4.48. The Bertz CT molecular complexity index is 193. The van der Waals surface area contributed by atoms with E-state index in [0.717, 1.165) is 25.5 Å². The molecule has 0 saturated carbocycles. The highest BCUT2D eigenvalue weighted by Gasteiger charge is 2.24. The lowest BCUT2D eigenvalue weighted by Gasteiger charge is -2.31. The second kappa shape index (κ2) is 3.88. The quantitative estimate of drug-likeness (QED) is 0.465. The van der Waals surface area contributed by atoms with Gasteiger partial charge in [0.05, 0.1) is 0 Å². The molecule has 68 valence electrons. The van der Waals surface area contributed by atoms with Gasteiger partial charge in [0.1, 0.15) is 6.29 Å². The molecule has 12 heavy (non-hydrogen) atoms. The van der Waals surface area contributed by atoms with Crippen molar-refractivity contribution in [1.29, 1.82) is 0 Å². The third kappa shape index (κ3) is 2.47. The Balaban J connectivity index is 2.45. The van der Waals surface area contributed by atoms with E-state index in [2.05, 4.69) is 19.9 Å². The zero-order chi connectivity index (χ0) is 9.03. The summed E-state index contributed by atoms with van der Waals surface area (Å²) < 4.78 is 0. The summed E-state index contributed by atoms with van der Waals surface area (Å²) in [5, 5.41) is 0. The maximum absolute atomic E-state index is 10.2. The third-order valence-corrected chi connectivity index (χ3v) is 2.93. The zero-order valence-electron chi connectivity index (χ0n) is 8.10. The zero-order valence-corrected chi connectivity index (χ0v) is 8.10. The van der Waals surface area contributed by atoms with E-state index in [1.54, 1.807) is 0 Å². The molecule has 0 aromatic rings. The number of hydrogen-bond acceptors (Lipinski definition) is 1. The summed E-state index contributed by atoms with van der Waals surface area (Å²) in [4.78, 5) is 10.2. The van der Waals surface area contributed by atoms with Crippen molar-refractivity contribution in [3.05, 3.63) is 11.6 Å². The van der Waals surface area contributed by atoms with E-state index in [-0.39, 0.29) is 0 Å². The van der Waals surface area contributed by atoms with Crippen LogP contribution in [0, 0.1) is 5.41 Å². The Labute approximate surface area is 74.9 Å². The summed E-state index contributed by atoms with van der Waals surface area (Å²) in [5.41, 5.74) is 1.92. The van der Waals surface area contributed by atoms with E-state index < -0.39 is 0 Å². The van der Waals surface area contributed by atoms with Gasteiger partial charge in [-0.2, -0.15) is 0 Å². The minimum Gasteiger partial charge on any atom is -0.303 e. The number of carbonyl (C=O) groups is 1. The highest BCUT2D eigenvalue weighted by atomic mass is 16.1. The SMILES string of the molecule is CC1=CCC(C)(CCC=O)CC1. The van der Waals surface area contributed by atoms with Crippen LogP contribution in [0.15, 0.2) is 11.6 Å². The van der Waals surface area contributed by atoms with Crippen molar-refractivity contribution >= 4 is 6.29 Å². The van der Waals surface area contributed by atoms with Crippen LogP contribution in [0.25, 0.3) is 0 Å². The average molecular weight is 166 g/mol. The van der Waals surface area contributed by atoms with E-state index in [0.29, 0.717) is 5.41 Å². The first-order valence-electron chi connectivity index (χ1n) is 4.76. The molecule has 0 N–H and O–H groups in total. The largest absolute Gasteiger partial charge is 0.303 e. The van der Waals surface area contributed by atoms with E-state index in [4.69, 9.17) is 0 Å².